The molecule has 3 N–H and O–H groups in total. The zero-order chi connectivity index (χ0) is 12.5. The van der Waals surface area contributed by atoms with Crippen molar-refractivity contribution in [1.29, 1.82) is 0 Å². The van der Waals surface area contributed by atoms with Gasteiger partial charge in [-0.15, -0.1) is 12.4 Å². The lowest BCUT2D eigenvalue weighted by molar-refractivity contribution is 0.173. The third-order valence-electron chi connectivity index (χ3n) is 2.77. The molecular weight excluding hydrogens is 266 g/mol. The number of carbonyl (C=O) groups excluding carboxylic acids is 1. The van der Waals surface area contributed by atoms with E-state index in [0.29, 0.717) is 5.84 Å². The van der Waals surface area contributed by atoms with E-state index >= 15 is 0 Å². The largest absolute Gasteiger partial charge is 0.442 e. The fourth-order valence-electron chi connectivity index (χ4n) is 2.06. The van der Waals surface area contributed by atoms with Gasteiger partial charge in [-0.1, -0.05) is 24.3 Å². The third kappa shape index (κ3) is 2.46. The van der Waals surface area contributed by atoms with E-state index in [9.17, 15) is 4.79 Å². The molecule has 5 nitrogen and oxygen atoms in total. The Morgan fingerprint density at radius 3 is 2.74 bits per heavy atom. The highest BCUT2D eigenvalue weighted by Gasteiger charge is 2.14. The van der Waals surface area contributed by atoms with Crippen molar-refractivity contribution in [3.63, 3.8) is 0 Å². The molecule has 3 rings (SSSR count). The van der Waals surface area contributed by atoms with Gasteiger partial charge in [-0.25, -0.2) is 9.79 Å². The predicted octanol–water partition coefficient (Wildman–Crippen LogP) is 2.81. The van der Waals surface area contributed by atoms with Gasteiger partial charge < -0.3 is 15.8 Å². The monoisotopic (exact) mass is 277 g/mol. The van der Waals surface area contributed by atoms with Crippen LogP contribution in [0.15, 0.2) is 41.4 Å². The summed E-state index contributed by atoms with van der Waals surface area (Å²) in [5.41, 5.74) is 6.76. The van der Waals surface area contributed by atoms with Gasteiger partial charge in [0.15, 0.2) is 6.61 Å². The number of nitrogens with two attached hydrogens (primary N) is 1. The van der Waals surface area contributed by atoms with Crippen LogP contribution in [0.5, 0.6) is 0 Å². The quantitative estimate of drug-likeness (QED) is 0.886. The fraction of sp³-hybridized carbons (Fsp3) is 0.0769. The number of aliphatic imine (C=N–C) groups is 1. The number of primary amides is 1. The molecule has 0 atom stereocenters. The van der Waals surface area contributed by atoms with Gasteiger partial charge in [0.25, 0.3) is 0 Å². The molecule has 0 radical (unpaired) electrons. The van der Waals surface area contributed by atoms with Crippen molar-refractivity contribution in [3.8, 4) is 0 Å². The lowest BCUT2D eigenvalue weighted by Crippen LogP contribution is -2.25. The lowest BCUT2D eigenvalue weighted by Gasteiger charge is -2.18. The van der Waals surface area contributed by atoms with Crippen LogP contribution in [0.3, 0.4) is 0 Å². The Morgan fingerprint density at radius 2 is 2.00 bits per heavy atom. The van der Waals surface area contributed by atoms with Crippen molar-refractivity contribution >= 4 is 46.5 Å². The molecule has 98 valence electrons. The summed E-state index contributed by atoms with van der Waals surface area (Å²) >= 11 is 0. The number of hydrogen-bond acceptors (Lipinski definition) is 4. The Labute approximate surface area is 115 Å². The first-order chi connectivity index (χ1) is 8.74. The Morgan fingerprint density at radius 1 is 1.26 bits per heavy atom. The zero-order valence-electron chi connectivity index (χ0n) is 9.92. The first kappa shape index (κ1) is 13.2. The molecular formula is C13H12ClN3O2. The number of amidine groups is 1. The molecule has 1 amide bonds. The van der Waals surface area contributed by atoms with Crippen molar-refractivity contribution in [2.75, 3.05) is 11.9 Å². The van der Waals surface area contributed by atoms with Gasteiger partial charge in [0.2, 0.25) is 0 Å². The number of rotatable bonds is 2. The van der Waals surface area contributed by atoms with E-state index in [-0.39, 0.29) is 19.0 Å². The molecule has 1 aliphatic heterocycles. The Kier molecular flexibility index (Phi) is 3.57. The van der Waals surface area contributed by atoms with Crippen molar-refractivity contribution in [2.24, 2.45) is 10.7 Å². The fourth-order valence-corrected chi connectivity index (χ4v) is 2.06. The smallest absolute Gasteiger partial charge is 0.404 e. The number of benzene rings is 2. The molecule has 1 heterocycles. The maximum absolute atomic E-state index is 10.6. The van der Waals surface area contributed by atoms with E-state index in [1.165, 1.54) is 0 Å². The minimum absolute atomic E-state index is 0. The molecule has 0 unspecified atom stereocenters. The van der Waals surface area contributed by atoms with E-state index in [4.69, 9.17) is 10.5 Å². The van der Waals surface area contributed by atoms with E-state index in [0.717, 1.165) is 22.1 Å². The number of nitrogens with one attached hydrogen (secondary N) is 1. The molecule has 0 spiro atoms. The van der Waals surface area contributed by atoms with Crippen LogP contribution in [-0.4, -0.2) is 18.5 Å². The standard InChI is InChI=1S/C13H11N3O2.ClH/c14-13(17)18-7-11-15-9-5-1-3-8-4-2-6-10(16-11)12(8)9;/h1-6H,7H2,(H2,14,17)(H,15,16);1H. The molecule has 6 heteroatoms. The first-order valence-corrected chi connectivity index (χ1v) is 5.52. The van der Waals surface area contributed by atoms with Crippen LogP contribution in [0.1, 0.15) is 0 Å². The molecule has 2 aromatic rings. The second-order valence-corrected chi connectivity index (χ2v) is 3.97. The van der Waals surface area contributed by atoms with E-state index in [1.807, 2.05) is 36.4 Å². The molecule has 2 aromatic carbocycles. The summed E-state index contributed by atoms with van der Waals surface area (Å²) in [6.07, 6.45) is -0.809. The van der Waals surface area contributed by atoms with Gasteiger partial charge in [-0.2, -0.15) is 0 Å². The third-order valence-corrected chi connectivity index (χ3v) is 2.77. The van der Waals surface area contributed by atoms with Crippen LogP contribution in [0.4, 0.5) is 16.2 Å². The van der Waals surface area contributed by atoms with Crippen molar-refractivity contribution in [3.05, 3.63) is 36.4 Å². The minimum atomic E-state index is -0.809. The lowest BCUT2D eigenvalue weighted by atomic mass is 10.1. The van der Waals surface area contributed by atoms with Gasteiger partial charge in [-0.05, 0) is 17.5 Å². The molecule has 19 heavy (non-hydrogen) atoms. The average Bonchev–Trinajstić information content (AvgIpc) is 2.37. The van der Waals surface area contributed by atoms with Crippen LogP contribution in [0, 0.1) is 0 Å². The Hall–Kier alpha value is -2.27. The SMILES string of the molecule is Cl.NC(=O)OCC1=Nc2cccc3cccc(c23)N1. The van der Waals surface area contributed by atoms with E-state index in [2.05, 4.69) is 10.3 Å². The number of anilines is 1. The molecule has 1 aliphatic rings. The summed E-state index contributed by atoms with van der Waals surface area (Å²) in [5, 5.41) is 5.33. The number of carbonyl (C=O) groups is 1. The van der Waals surface area contributed by atoms with Crippen LogP contribution in [0.2, 0.25) is 0 Å². The maximum Gasteiger partial charge on any atom is 0.404 e. The average molecular weight is 278 g/mol. The van der Waals surface area contributed by atoms with Crippen LogP contribution in [0.25, 0.3) is 10.8 Å². The number of hydrogen-bond donors (Lipinski definition) is 2. The van der Waals surface area contributed by atoms with Gasteiger partial charge in [0, 0.05) is 11.1 Å². The second-order valence-electron chi connectivity index (χ2n) is 3.97. The van der Waals surface area contributed by atoms with E-state index < -0.39 is 6.09 Å². The highest BCUT2D eigenvalue weighted by Crippen LogP contribution is 2.35. The zero-order valence-corrected chi connectivity index (χ0v) is 10.7. The minimum Gasteiger partial charge on any atom is -0.442 e. The van der Waals surface area contributed by atoms with Crippen molar-refractivity contribution < 1.29 is 9.53 Å². The van der Waals surface area contributed by atoms with Crippen LogP contribution in [-0.2, 0) is 4.74 Å². The summed E-state index contributed by atoms with van der Waals surface area (Å²) in [6.45, 7) is 0.0417. The highest BCUT2D eigenvalue weighted by atomic mass is 35.5. The molecule has 0 saturated heterocycles. The van der Waals surface area contributed by atoms with E-state index in [1.54, 1.807) is 0 Å². The van der Waals surface area contributed by atoms with Gasteiger partial charge in [-0.3, -0.25) is 0 Å². The summed E-state index contributed by atoms with van der Waals surface area (Å²) < 4.78 is 4.74. The summed E-state index contributed by atoms with van der Waals surface area (Å²) in [6, 6.07) is 11.9. The Balaban J connectivity index is 0.00000133. The maximum atomic E-state index is 10.6. The number of amides is 1. The number of nitrogens with zero attached hydrogens (tertiary/aromatic N) is 1. The predicted molar refractivity (Wildman–Crippen MR) is 77.4 cm³/mol. The number of halogens is 1. The normalized spacial score (nSPS) is 12.1. The summed E-state index contributed by atoms with van der Waals surface area (Å²) in [4.78, 5) is 15.0. The number of ether oxygens (including phenoxy) is 1. The molecule has 0 aliphatic carbocycles. The second kappa shape index (κ2) is 5.16. The van der Waals surface area contributed by atoms with Crippen LogP contribution < -0.4 is 11.1 Å². The van der Waals surface area contributed by atoms with Crippen LogP contribution >= 0.6 is 12.4 Å². The van der Waals surface area contributed by atoms with Crippen molar-refractivity contribution in [1.82, 2.24) is 0 Å². The van der Waals surface area contributed by atoms with Gasteiger partial charge in [0.1, 0.15) is 5.84 Å². The molecule has 0 saturated carbocycles. The summed E-state index contributed by atoms with van der Waals surface area (Å²) in [5.74, 6) is 0.569. The van der Waals surface area contributed by atoms with Crippen molar-refractivity contribution in [2.45, 2.75) is 0 Å². The van der Waals surface area contributed by atoms with Gasteiger partial charge in [0.05, 0.1) is 5.69 Å². The topological polar surface area (TPSA) is 76.7 Å². The summed E-state index contributed by atoms with van der Waals surface area (Å²) in [7, 11) is 0. The molecule has 0 fully saturated rings. The molecule has 0 bridgehead atoms. The molecule has 0 aromatic heterocycles. The van der Waals surface area contributed by atoms with Gasteiger partial charge >= 0.3 is 6.09 Å². The highest BCUT2D eigenvalue weighted by molar-refractivity contribution is 6.14. The first-order valence-electron chi connectivity index (χ1n) is 5.52. The Bertz CT molecular complexity index is 665.